The predicted molar refractivity (Wildman–Crippen MR) is 220 cm³/mol. The van der Waals surface area contributed by atoms with E-state index in [9.17, 15) is 0 Å². The van der Waals surface area contributed by atoms with E-state index in [1.807, 2.05) is 23.5 Å². The summed E-state index contributed by atoms with van der Waals surface area (Å²) in [7, 11) is 0. The maximum Gasteiger partial charge on any atom is 0.0602 e. The topological polar surface area (TPSA) is 6.48 Å². The Labute approximate surface area is 313 Å². The van der Waals surface area contributed by atoms with Crippen LogP contribution in [0.15, 0.2) is 214 Å². The van der Waals surface area contributed by atoms with Crippen molar-refractivity contribution >= 4 is 57.6 Å². The van der Waals surface area contributed by atoms with Crippen molar-refractivity contribution in [2.75, 3.05) is 9.80 Å². The van der Waals surface area contributed by atoms with Gasteiger partial charge < -0.3 is 9.80 Å². The zero-order chi connectivity index (χ0) is 34.4. The van der Waals surface area contributed by atoms with Crippen LogP contribution in [0.2, 0.25) is 0 Å². The van der Waals surface area contributed by atoms with Gasteiger partial charge in [0.25, 0.3) is 0 Å². The zero-order valence-electron chi connectivity index (χ0n) is 28.2. The van der Waals surface area contributed by atoms with Crippen LogP contribution in [0.25, 0.3) is 33.4 Å². The maximum absolute atomic E-state index is 2.41. The molecular weight excluding hydrogens is 669 g/mol. The van der Waals surface area contributed by atoms with Crippen LogP contribution >= 0.6 is 23.5 Å². The lowest BCUT2D eigenvalue weighted by Crippen LogP contribution is -2.15. The highest BCUT2D eigenvalue weighted by Crippen LogP contribution is 2.54. The molecule has 0 spiro atoms. The summed E-state index contributed by atoms with van der Waals surface area (Å²) in [6, 6.07) is 70.4. The fourth-order valence-corrected chi connectivity index (χ4v) is 9.51. The molecule has 0 saturated heterocycles. The second-order valence-electron chi connectivity index (χ2n) is 13.0. The minimum atomic E-state index is 1.15. The molecule has 52 heavy (non-hydrogen) atoms. The van der Waals surface area contributed by atoms with Crippen molar-refractivity contribution in [1.82, 2.24) is 0 Å². The zero-order valence-corrected chi connectivity index (χ0v) is 29.8. The summed E-state index contributed by atoms with van der Waals surface area (Å²) in [5, 5.41) is 0. The Morgan fingerprint density at radius 3 is 1.23 bits per heavy atom. The van der Waals surface area contributed by atoms with Gasteiger partial charge in [-0.3, -0.25) is 0 Å². The molecule has 246 valence electrons. The first kappa shape index (κ1) is 30.8. The number of fused-ring (bicyclic) bond motifs is 4. The van der Waals surface area contributed by atoms with Gasteiger partial charge in [-0.2, -0.15) is 0 Å². The molecule has 8 aromatic rings. The monoisotopic (exact) mass is 700 g/mol. The lowest BCUT2D eigenvalue weighted by Gasteiger charge is -2.34. The Morgan fingerprint density at radius 1 is 0.250 bits per heavy atom. The molecule has 0 atom stereocenters. The maximum atomic E-state index is 2.41. The van der Waals surface area contributed by atoms with Gasteiger partial charge in [-0.1, -0.05) is 145 Å². The normalized spacial score (nSPS) is 12.8. The van der Waals surface area contributed by atoms with E-state index in [4.69, 9.17) is 0 Å². The van der Waals surface area contributed by atoms with Crippen molar-refractivity contribution < 1.29 is 0 Å². The van der Waals surface area contributed by atoms with E-state index >= 15 is 0 Å². The van der Waals surface area contributed by atoms with Gasteiger partial charge in [0.2, 0.25) is 0 Å². The van der Waals surface area contributed by atoms with Crippen LogP contribution in [0.4, 0.5) is 34.1 Å². The third kappa shape index (κ3) is 5.48. The molecule has 10 rings (SSSR count). The van der Waals surface area contributed by atoms with E-state index in [1.54, 1.807) is 0 Å². The highest BCUT2D eigenvalue weighted by molar-refractivity contribution is 8.00. The van der Waals surface area contributed by atoms with Crippen molar-refractivity contribution in [3.05, 3.63) is 194 Å². The van der Waals surface area contributed by atoms with Gasteiger partial charge in [-0.25, -0.2) is 0 Å². The second-order valence-corrected chi connectivity index (χ2v) is 15.2. The Hall–Kier alpha value is -5.94. The summed E-state index contributed by atoms with van der Waals surface area (Å²) < 4.78 is 0. The average Bonchev–Trinajstić information content (AvgIpc) is 3.22. The van der Waals surface area contributed by atoms with Gasteiger partial charge >= 0.3 is 0 Å². The first-order valence-electron chi connectivity index (χ1n) is 17.5. The third-order valence-corrected chi connectivity index (χ3v) is 12.1. The van der Waals surface area contributed by atoms with Crippen LogP contribution in [-0.2, 0) is 0 Å². The summed E-state index contributed by atoms with van der Waals surface area (Å²) >= 11 is 3.70. The van der Waals surface area contributed by atoms with Crippen LogP contribution in [-0.4, -0.2) is 0 Å². The first-order valence-corrected chi connectivity index (χ1v) is 19.1. The van der Waals surface area contributed by atoms with Gasteiger partial charge in [-0.15, -0.1) is 0 Å². The molecule has 0 aromatic heterocycles. The molecule has 2 aliphatic heterocycles. The fourth-order valence-electron chi connectivity index (χ4n) is 7.32. The average molecular weight is 701 g/mol. The number of nitrogens with zero attached hydrogens (tertiary/aromatic N) is 2. The lowest BCUT2D eigenvalue weighted by atomic mass is 10.0. The molecule has 0 bridgehead atoms. The van der Waals surface area contributed by atoms with E-state index < -0.39 is 0 Å². The summed E-state index contributed by atoms with van der Waals surface area (Å²) in [6.45, 7) is 0. The largest absolute Gasteiger partial charge is 0.308 e. The van der Waals surface area contributed by atoms with E-state index in [0.717, 1.165) is 11.4 Å². The summed E-state index contributed by atoms with van der Waals surface area (Å²) in [6.07, 6.45) is 0. The molecule has 2 nitrogen and oxygen atoms in total. The third-order valence-electron chi connectivity index (χ3n) is 9.83. The number of hydrogen-bond donors (Lipinski definition) is 0. The van der Waals surface area contributed by atoms with Gasteiger partial charge in [0, 0.05) is 31.0 Å². The molecule has 0 aliphatic carbocycles. The number of anilines is 6. The Kier molecular flexibility index (Phi) is 7.71. The first-order chi connectivity index (χ1) is 25.8. The van der Waals surface area contributed by atoms with Gasteiger partial charge in [0.05, 0.1) is 22.7 Å². The highest BCUT2D eigenvalue weighted by Gasteiger charge is 2.27. The molecule has 0 unspecified atom stereocenters. The molecule has 4 heteroatoms. The van der Waals surface area contributed by atoms with Gasteiger partial charge in [-0.05, 0) is 106 Å². The SMILES string of the molecule is c1ccc(-c2ccc(N3c4ccccc4Sc4cc(-c5ccc6c(c5)Sc5ccccc5N6c5cccc(-c6ccccc6)c5)ccc43)cc2)cc1. The Morgan fingerprint density at radius 2 is 0.654 bits per heavy atom. The summed E-state index contributed by atoms with van der Waals surface area (Å²) in [5.41, 5.74) is 14.4. The lowest BCUT2D eigenvalue weighted by molar-refractivity contribution is 1.16. The highest BCUT2D eigenvalue weighted by atomic mass is 32.2. The summed E-state index contributed by atoms with van der Waals surface area (Å²) in [5.74, 6) is 0. The number of benzene rings is 8. The minimum absolute atomic E-state index is 1.15. The van der Waals surface area contributed by atoms with Crippen LogP contribution in [0.3, 0.4) is 0 Å². The Balaban J connectivity index is 1.03. The van der Waals surface area contributed by atoms with E-state index in [1.165, 1.54) is 75.7 Å². The molecule has 2 aliphatic rings. The Bertz CT molecular complexity index is 2580. The number of hydrogen-bond acceptors (Lipinski definition) is 4. The molecule has 0 fully saturated rings. The number of rotatable bonds is 5. The van der Waals surface area contributed by atoms with E-state index in [-0.39, 0.29) is 0 Å². The molecule has 0 radical (unpaired) electrons. The molecule has 8 aromatic carbocycles. The standard InChI is InChI=1S/C48H32N2S2/c1-3-12-33(13-4-1)35-22-26-39(27-23-35)49-41-18-7-9-20-45(41)51-47-31-37(24-28-43(47)49)38-25-29-44-48(32-38)52-46-21-10-8-19-42(46)50(44)40-17-11-16-36(30-40)34-14-5-2-6-15-34/h1-32H. The van der Waals surface area contributed by atoms with Crippen molar-refractivity contribution in [1.29, 1.82) is 0 Å². The molecule has 0 N–H and O–H groups in total. The van der Waals surface area contributed by atoms with Crippen LogP contribution in [0, 0.1) is 0 Å². The molecular formula is C48H32N2S2. The molecule has 0 saturated carbocycles. The van der Waals surface area contributed by atoms with E-state index in [2.05, 4.69) is 204 Å². The van der Waals surface area contributed by atoms with Crippen molar-refractivity contribution in [3.8, 4) is 33.4 Å². The van der Waals surface area contributed by atoms with Crippen LogP contribution < -0.4 is 9.80 Å². The van der Waals surface area contributed by atoms with Crippen LogP contribution in [0.5, 0.6) is 0 Å². The van der Waals surface area contributed by atoms with Gasteiger partial charge in [0.15, 0.2) is 0 Å². The second kappa shape index (κ2) is 13.0. The molecule has 2 heterocycles. The van der Waals surface area contributed by atoms with Crippen LogP contribution in [0.1, 0.15) is 0 Å². The predicted octanol–water partition coefficient (Wildman–Crippen LogP) is 14.6. The van der Waals surface area contributed by atoms with Crippen molar-refractivity contribution in [2.24, 2.45) is 0 Å². The van der Waals surface area contributed by atoms with E-state index in [0.29, 0.717) is 0 Å². The van der Waals surface area contributed by atoms with Crippen molar-refractivity contribution in [2.45, 2.75) is 19.6 Å². The summed E-state index contributed by atoms with van der Waals surface area (Å²) in [4.78, 5) is 9.82. The molecule has 0 amide bonds. The van der Waals surface area contributed by atoms with Gasteiger partial charge in [0.1, 0.15) is 0 Å². The minimum Gasteiger partial charge on any atom is -0.308 e. The quantitative estimate of drug-likeness (QED) is 0.176. The smallest absolute Gasteiger partial charge is 0.0602 e. The fraction of sp³-hybridized carbons (Fsp3) is 0. The van der Waals surface area contributed by atoms with Crippen molar-refractivity contribution in [3.63, 3.8) is 0 Å². The number of para-hydroxylation sites is 2.